The lowest BCUT2D eigenvalue weighted by atomic mass is 10.0. The molecule has 1 atom stereocenters. The van der Waals surface area contributed by atoms with Crippen molar-refractivity contribution in [3.8, 4) is 0 Å². The van der Waals surface area contributed by atoms with E-state index in [1.54, 1.807) is 0 Å². The number of rotatable bonds is 4. The fraction of sp³-hybridized carbons (Fsp3) is 0.917. The minimum Gasteiger partial charge on any atom is -0.379 e. The summed E-state index contributed by atoms with van der Waals surface area (Å²) in [4.78, 5) is 11.6. The average Bonchev–Trinajstić information content (AvgIpc) is 3.16. The Bertz CT molecular complexity index is 279. The molecule has 0 aromatic carbocycles. The second-order valence-electron chi connectivity index (χ2n) is 5.52. The quantitative estimate of drug-likeness (QED) is 0.755. The van der Waals surface area contributed by atoms with Gasteiger partial charge < -0.3 is 15.4 Å². The van der Waals surface area contributed by atoms with E-state index in [1.165, 1.54) is 25.7 Å². The van der Waals surface area contributed by atoms with Gasteiger partial charge in [0.1, 0.15) is 0 Å². The molecule has 4 nitrogen and oxygen atoms in total. The molecule has 0 aromatic rings. The summed E-state index contributed by atoms with van der Waals surface area (Å²) in [5.41, 5.74) is 0.490. The Balaban J connectivity index is 1.39. The number of hydrogen-bond acceptors (Lipinski definition) is 2. The number of hydrogen-bond donors (Lipinski definition) is 2. The third-order valence-electron chi connectivity index (χ3n) is 4.20. The molecule has 16 heavy (non-hydrogen) atoms. The normalized spacial score (nSPS) is 31.1. The van der Waals surface area contributed by atoms with Crippen LogP contribution < -0.4 is 10.6 Å². The topological polar surface area (TPSA) is 50.4 Å². The van der Waals surface area contributed by atoms with Crippen LogP contribution in [-0.2, 0) is 4.74 Å². The molecule has 1 unspecified atom stereocenters. The summed E-state index contributed by atoms with van der Waals surface area (Å²) in [6.07, 6.45) is 6.32. The van der Waals surface area contributed by atoms with Crippen molar-refractivity contribution in [2.45, 2.75) is 38.1 Å². The number of ether oxygens (including phenoxy) is 1. The van der Waals surface area contributed by atoms with Gasteiger partial charge in [0, 0.05) is 13.2 Å². The van der Waals surface area contributed by atoms with Gasteiger partial charge >= 0.3 is 6.03 Å². The first-order valence-electron chi connectivity index (χ1n) is 6.41. The van der Waals surface area contributed by atoms with E-state index in [0.717, 1.165) is 25.5 Å². The van der Waals surface area contributed by atoms with Crippen LogP contribution in [-0.4, -0.2) is 31.8 Å². The highest BCUT2D eigenvalue weighted by atomic mass is 16.5. The zero-order valence-corrected chi connectivity index (χ0v) is 9.63. The second kappa shape index (κ2) is 3.91. The van der Waals surface area contributed by atoms with Crippen LogP contribution in [0.4, 0.5) is 4.79 Å². The van der Waals surface area contributed by atoms with Crippen LogP contribution in [0.1, 0.15) is 32.1 Å². The maximum absolute atomic E-state index is 11.6. The lowest BCUT2D eigenvalue weighted by molar-refractivity contribution is 0.188. The molecule has 1 heterocycles. The minimum atomic E-state index is -0.0116. The lowest BCUT2D eigenvalue weighted by Gasteiger charge is -2.17. The van der Waals surface area contributed by atoms with E-state index in [4.69, 9.17) is 4.74 Å². The minimum absolute atomic E-state index is 0.0116. The van der Waals surface area contributed by atoms with Crippen LogP contribution in [0.3, 0.4) is 0 Å². The predicted octanol–water partition coefficient (Wildman–Crippen LogP) is 1.26. The highest BCUT2D eigenvalue weighted by Gasteiger charge is 2.53. The predicted molar refractivity (Wildman–Crippen MR) is 60.1 cm³/mol. The molecule has 0 bridgehead atoms. The molecular weight excluding hydrogens is 204 g/mol. The van der Waals surface area contributed by atoms with Gasteiger partial charge in [0.2, 0.25) is 0 Å². The summed E-state index contributed by atoms with van der Waals surface area (Å²) in [6.45, 7) is 2.31. The largest absolute Gasteiger partial charge is 0.379 e. The molecule has 0 radical (unpaired) electrons. The van der Waals surface area contributed by atoms with E-state index in [1.807, 2.05) is 0 Å². The van der Waals surface area contributed by atoms with Gasteiger partial charge in [-0.15, -0.1) is 0 Å². The number of carbonyl (C=O) groups excluding carboxylic acids is 1. The fourth-order valence-electron chi connectivity index (χ4n) is 2.73. The molecule has 1 aliphatic heterocycles. The number of nitrogens with one attached hydrogen (secondary N) is 2. The maximum atomic E-state index is 11.6. The maximum Gasteiger partial charge on any atom is 0.315 e. The van der Waals surface area contributed by atoms with Crippen molar-refractivity contribution in [1.29, 1.82) is 0 Å². The Morgan fingerprint density at radius 3 is 2.69 bits per heavy atom. The van der Waals surface area contributed by atoms with Crippen LogP contribution in [0.15, 0.2) is 0 Å². The lowest BCUT2D eigenvalue weighted by Crippen LogP contribution is -2.44. The molecule has 0 spiro atoms. The summed E-state index contributed by atoms with van der Waals surface area (Å²) in [6, 6.07) is 0.207. The number of amides is 2. The highest BCUT2D eigenvalue weighted by molar-refractivity contribution is 5.74. The molecule has 0 aromatic heterocycles. The summed E-state index contributed by atoms with van der Waals surface area (Å²) in [7, 11) is 0. The molecule has 2 N–H and O–H groups in total. The van der Waals surface area contributed by atoms with Crippen LogP contribution in [0.25, 0.3) is 0 Å². The average molecular weight is 224 g/mol. The van der Waals surface area contributed by atoms with Crippen molar-refractivity contribution in [2.75, 3.05) is 19.8 Å². The first kappa shape index (κ1) is 10.4. The van der Waals surface area contributed by atoms with E-state index in [-0.39, 0.29) is 12.1 Å². The fourth-order valence-corrected chi connectivity index (χ4v) is 2.73. The van der Waals surface area contributed by atoms with Crippen LogP contribution in [0.2, 0.25) is 0 Å². The van der Waals surface area contributed by atoms with Crippen molar-refractivity contribution in [3.63, 3.8) is 0 Å². The zero-order valence-electron chi connectivity index (χ0n) is 9.63. The molecule has 90 valence electrons. The van der Waals surface area contributed by atoms with Gasteiger partial charge in [-0.25, -0.2) is 4.79 Å². The smallest absolute Gasteiger partial charge is 0.315 e. The molecule has 3 fully saturated rings. The van der Waals surface area contributed by atoms with E-state index in [2.05, 4.69) is 10.6 Å². The molecular formula is C12H20N2O2. The third kappa shape index (κ3) is 2.17. The Morgan fingerprint density at radius 2 is 2.12 bits per heavy atom. The van der Waals surface area contributed by atoms with Gasteiger partial charge in [-0.2, -0.15) is 0 Å². The van der Waals surface area contributed by atoms with Crippen LogP contribution in [0, 0.1) is 11.3 Å². The van der Waals surface area contributed by atoms with E-state index in [0.29, 0.717) is 12.0 Å². The van der Waals surface area contributed by atoms with Crippen molar-refractivity contribution >= 4 is 6.03 Å². The van der Waals surface area contributed by atoms with Gasteiger partial charge in [0.25, 0.3) is 0 Å². The van der Waals surface area contributed by atoms with Crippen molar-refractivity contribution in [3.05, 3.63) is 0 Å². The van der Waals surface area contributed by atoms with E-state index in [9.17, 15) is 4.79 Å². The summed E-state index contributed by atoms with van der Waals surface area (Å²) < 4.78 is 5.22. The van der Waals surface area contributed by atoms with Gasteiger partial charge in [0.05, 0.1) is 12.6 Å². The van der Waals surface area contributed by atoms with Gasteiger partial charge in [-0.1, -0.05) is 0 Å². The van der Waals surface area contributed by atoms with Crippen LogP contribution >= 0.6 is 0 Å². The SMILES string of the molecule is O=C(NCC1(C2CC2)CC1)NC1CCOC1. The number of urea groups is 1. The summed E-state index contributed by atoms with van der Waals surface area (Å²) in [5.74, 6) is 0.905. The molecule has 3 rings (SSSR count). The first-order valence-corrected chi connectivity index (χ1v) is 6.41. The Kier molecular flexibility index (Phi) is 2.54. The molecule has 4 heteroatoms. The highest BCUT2D eigenvalue weighted by Crippen LogP contribution is 2.60. The molecule has 2 amide bonds. The van der Waals surface area contributed by atoms with E-state index >= 15 is 0 Å². The summed E-state index contributed by atoms with van der Waals surface area (Å²) in [5, 5.41) is 5.99. The molecule has 2 saturated carbocycles. The Morgan fingerprint density at radius 1 is 1.31 bits per heavy atom. The second-order valence-corrected chi connectivity index (χ2v) is 5.52. The third-order valence-corrected chi connectivity index (χ3v) is 4.20. The Labute approximate surface area is 96.1 Å². The molecule has 3 aliphatic rings. The first-order chi connectivity index (χ1) is 7.78. The molecule has 2 aliphatic carbocycles. The van der Waals surface area contributed by atoms with E-state index < -0.39 is 0 Å². The van der Waals surface area contributed by atoms with Gasteiger partial charge in [-0.05, 0) is 43.4 Å². The number of carbonyl (C=O) groups is 1. The standard InChI is InChI=1S/C12H20N2O2/c15-11(14-10-3-6-16-7-10)13-8-12(4-5-12)9-1-2-9/h9-10H,1-8H2,(H2,13,14,15). The Hall–Kier alpha value is -0.770. The molecule has 1 saturated heterocycles. The van der Waals surface area contributed by atoms with Crippen molar-refractivity contribution in [1.82, 2.24) is 10.6 Å². The van der Waals surface area contributed by atoms with Crippen molar-refractivity contribution < 1.29 is 9.53 Å². The van der Waals surface area contributed by atoms with Gasteiger partial charge in [-0.3, -0.25) is 0 Å². The van der Waals surface area contributed by atoms with Crippen molar-refractivity contribution in [2.24, 2.45) is 11.3 Å². The van der Waals surface area contributed by atoms with Gasteiger partial charge in [0.15, 0.2) is 0 Å². The monoisotopic (exact) mass is 224 g/mol. The van der Waals surface area contributed by atoms with Crippen LogP contribution in [0.5, 0.6) is 0 Å². The zero-order chi connectivity index (χ0) is 11.0. The summed E-state index contributed by atoms with van der Waals surface area (Å²) >= 11 is 0.